The molecule has 1 spiro atoms. The van der Waals surface area contributed by atoms with Gasteiger partial charge in [0.05, 0.1) is 33.1 Å². The summed E-state index contributed by atoms with van der Waals surface area (Å²) in [5.74, 6) is 0.383. The largest absolute Gasteiger partial charge is 0.480 e. The van der Waals surface area contributed by atoms with Crippen LogP contribution in [0.3, 0.4) is 0 Å². The number of nitrogens with one attached hydrogen (secondary N) is 1. The van der Waals surface area contributed by atoms with Gasteiger partial charge in [-0.2, -0.15) is 0 Å². The molecular formula is C16H23N3O5S. The van der Waals surface area contributed by atoms with E-state index in [1.165, 1.54) is 7.11 Å². The first-order valence-electron chi connectivity index (χ1n) is 8.19. The van der Waals surface area contributed by atoms with Gasteiger partial charge in [-0.3, -0.25) is 4.79 Å². The van der Waals surface area contributed by atoms with Crippen molar-refractivity contribution in [2.24, 2.45) is 5.92 Å². The van der Waals surface area contributed by atoms with E-state index < -0.39 is 10.0 Å². The number of carbonyl (C=O) groups excluding carboxylic acids is 1. The summed E-state index contributed by atoms with van der Waals surface area (Å²) in [6, 6.07) is 3.41. The van der Waals surface area contributed by atoms with Crippen LogP contribution in [0.15, 0.2) is 18.3 Å². The number of sulfonamides is 1. The number of rotatable bonds is 5. The van der Waals surface area contributed by atoms with E-state index in [2.05, 4.69) is 9.71 Å². The van der Waals surface area contributed by atoms with Crippen LogP contribution in [0.1, 0.15) is 23.2 Å². The first-order valence-corrected chi connectivity index (χ1v) is 10.1. The molecule has 0 aliphatic carbocycles. The van der Waals surface area contributed by atoms with Gasteiger partial charge >= 0.3 is 0 Å². The smallest absolute Gasteiger partial charge is 0.259 e. The standard InChI is InChI=1S/C16H23N3O5S/c1-23-14-13(4-3-7-17-14)15(20)19-10-16(11-19)6-5-12(9-24-16)8-18-25(2,21)22/h3-4,7,12,18H,5-6,8-11H2,1-2H3. The molecule has 1 aromatic rings. The number of hydrogen-bond acceptors (Lipinski definition) is 6. The van der Waals surface area contributed by atoms with Crippen LogP contribution in [0.25, 0.3) is 0 Å². The second-order valence-corrected chi connectivity index (χ2v) is 8.57. The third-order valence-corrected chi connectivity index (χ3v) is 5.40. The Morgan fingerprint density at radius 2 is 2.28 bits per heavy atom. The molecular weight excluding hydrogens is 346 g/mol. The third-order valence-electron chi connectivity index (χ3n) is 4.71. The topological polar surface area (TPSA) is 97.8 Å². The molecule has 1 amide bonds. The Morgan fingerprint density at radius 1 is 1.52 bits per heavy atom. The van der Waals surface area contributed by atoms with E-state index in [1.54, 1.807) is 23.2 Å². The van der Waals surface area contributed by atoms with Crippen molar-refractivity contribution in [3.63, 3.8) is 0 Å². The van der Waals surface area contributed by atoms with Crippen LogP contribution in [-0.2, 0) is 14.8 Å². The van der Waals surface area contributed by atoms with E-state index in [9.17, 15) is 13.2 Å². The molecule has 2 aliphatic heterocycles. The third kappa shape index (κ3) is 4.10. The monoisotopic (exact) mass is 369 g/mol. The molecule has 0 radical (unpaired) electrons. The molecule has 3 rings (SSSR count). The van der Waals surface area contributed by atoms with Crippen LogP contribution < -0.4 is 9.46 Å². The molecule has 1 aromatic heterocycles. The number of pyridine rings is 1. The number of likely N-dealkylation sites (tertiary alicyclic amines) is 1. The van der Waals surface area contributed by atoms with Gasteiger partial charge < -0.3 is 14.4 Å². The highest BCUT2D eigenvalue weighted by atomic mass is 32.2. The van der Waals surface area contributed by atoms with Crippen molar-refractivity contribution in [2.45, 2.75) is 18.4 Å². The average molecular weight is 369 g/mol. The van der Waals surface area contributed by atoms with Crippen molar-refractivity contribution in [1.29, 1.82) is 0 Å². The minimum atomic E-state index is -3.18. The summed E-state index contributed by atoms with van der Waals surface area (Å²) in [6.45, 7) is 1.97. The zero-order valence-electron chi connectivity index (χ0n) is 14.4. The predicted molar refractivity (Wildman–Crippen MR) is 90.9 cm³/mol. The summed E-state index contributed by atoms with van der Waals surface area (Å²) < 4.78 is 36.0. The summed E-state index contributed by atoms with van der Waals surface area (Å²) in [7, 11) is -1.69. The Hall–Kier alpha value is -1.71. The molecule has 1 unspecified atom stereocenters. The molecule has 2 fully saturated rings. The zero-order valence-corrected chi connectivity index (χ0v) is 15.2. The molecule has 9 heteroatoms. The van der Waals surface area contributed by atoms with Crippen molar-refractivity contribution in [3.8, 4) is 5.88 Å². The van der Waals surface area contributed by atoms with Gasteiger partial charge in [0.15, 0.2) is 0 Å². The summed E-state index contributed by atoms with van der Waals surface area (Å²) in [5, 5.41) is 0. The first-order chi connectivity index (χ1) is 11.8. The van der Waals surface area contributed by atoms with Gasteiger partial charge in [-0.1, -0.05) is 0 Å². The maximum Gasteiger partial charge on any atom is 0.259 e. The first kappa shape index (κ1) is 18.1. The van der Waals surface area contributed by atoms with Crippen molar-refractivity contribution < 1.29 is 22.7 Å². The van der Waals surface area contributed by atoms with Crippen LogP contribution >= 0.6 is 0 Å². The number of nitrogens with zero attached hydrogens (tertiary/aromatic N) is 2. The van der Waals surface area contributed by atoms with Crippen molar-refractivity contribution in [3.05, 3.63) is 23.9 Å². The fourth-order valence-electron chi connectivity index (χ4n) is 3.28. The highest BCUT2D eigenvalue weighted by Gasteiger charge is 2.48. The van der Waals surface area contributed by atoms with E-state index >= 15 is 0 Å². The van der Waals surface area contributed by atoms with E-state index in [0.717, 1.165) is 19.1 Å². The fourth-order valence-corrected chi connectivity index (χ4v) is 3.81. The second-order valence-electron chi connectivity index (χ2n) is 6.74. The van der Waals surface area contributed by atoms with Gasteiger partial charge in [-0.25, -0.2) is 18.1 Å². The highest BCUT2D eigenvalue weighted by molar-refractivity contribution is 7.88. The van der Waals surface area contributed by atoms with Crippen molar-refractivity contribution >= 4 is 15.9 Å². The lowest BCUT2D eigenvalue weighted by atomic mass is 9.82. The van der Waals surface area contributed by atoms with Gasteiger partial charge in [-0.05, 0) is 30.9 Å². The molecule has 1 N–H and O–H groups in total. The van der Waals surface area contributed by atoms with Gasteiger partial charge in [-0.15, -0.1) is 0 Å². The number of amides is 1. The lowest BCUT2D eigenvalue weighted by Gasteiger charge is -2.52. The molecule has 0 bridgehead atoms. The van der Waals surface area contributed by atoms with Gasteiger partial charge in [0.25, 0.3) is 5.91 Å². The quantitative estimate of drug-likeness (QED) is 0.800. The number of aromatic nitrogens is 1. The predicted octanol–water partition coefficient (Wildman–Crippen LogP) is 0.261. The maximum absolute atomic E-state index is 12.6. The summed E-state index contributed by atoms with van der Waals surface area (Å²) in [5.41, 5.74) is 0.151. The number of hydrogen-bond donors (Lipinski definition) is 1. The van der Waals surface area contributed by atoms with Crippen molar-refractivity contribution in [1.82, 2.24) is 14.6 Å². The average Bonchev–Trinajstić information content (AvgIpc) is 2.57. The maximum atomic E-state index is 12.6. The van der Waals surface area contributed by atoms with E-state index in [4.69, 9.17) is 9.47 Å². The number of ether oxygens (including phenoxy) is 2. The molecule has 1 atom stereocenters. The normalized spacial score (nSPS) is 22.5. The lowest BCUT2D eigenvalue weighted by molar-refractivity contribution is -0.166. The molecule has 0 saturated carbocycles. The van der Waals surface area contributed by atoms with Crippen LogP contribution in [0.5, 0.6) is 5.88 Å². The van der Waals surface area contributed by atoms with Gasteiger partial charge in [0.2, 0.25) is 15.9 Å². The van der Waals surface area contributed by atoms with E-state index in [0.29, 0.717) is 37.7 Å². The highest BCUT2D eigenvalue weighted by Crippen LogP contribution is 2.37. The van der Waals surface area contributed by atoms with Crippen molar-refractivity contribution in [2.75, 3.05) is 39.6 Å². The van der Waals surface area contributed by atoms with Gasteiger partial charge in [0.1, 0.15) is 11.2 Å². The van der Waals surface area contributed by atoms with Crippen LogP contribution in [0, 0.1) is 5.92 Å². The van der Waals surface area contributed by atoms with Crippen LogP contribution in [0.2, 0.25) is 0 Å². The Kier molecular flexibility index (Phi) is 4.99. The number of carbonyl (C=O) groups is 1. The van der Waals surface area contributed by atoms with Crippen LogP contribution in [0.4, 0.5) is 0 Å². The molecule has 138 valence electrons. The van der Waals surface area contributed by atoms with Crippen LogP contribution in [-0.4, -0.2) is 69.4 Å². The molecule has 0 aromatic carbocycles. The Bertz CT molecular complexity index is 736. The summed E-state index contributed by atoms with van der Waals surface area (Å²) in [4.78, 5) is 18.4. The summed E-state index contributed by atoms with van der Waals surface area (Å²) in [6.07, 6.45) is 4.43. The Balaban J connectivity index is 1.52. The number of methoxy groups -OCH3 is 1. The van der Waals surface area contributed by atoms with E-state index in [1.807, 2.05) is 0 Å². The fraction of sp³-hybridized carbons (Fsp3) is 0.625. The Labute approximate surface area is 147 Å². The molecule has 8 nitrogen and oxygen atoms in total. The van der Waals surface area contributed by atoms with E-state index in [-0.39, 0.29) is 17.4 Å². The zero-order chi connectivity index (χ0) is 18.1. The second kappa shape index (κ2) is 6.89. The Morgan fingerprint density at radius 3 is 2.88 bits per heavy atom. The minimum absolute atomic E-state index is 0.111. The summed E-state index contributed by atoms with van der Waals surface area (Å²) >= 11 is 0. The lowest BCUT2D eigenvalue weighted by Crippen LogP contribution is -2.66. The molecule has 2 saturated heterocycles. The SMILES string of the molecule is COc1ncccc1C(=O)N1CC2(CCC(CNS(C)(=O)=O)CO2)C1. The minimum Gasteiger partial charge on any atom is -0.480 e. The molecule has 2 aliphatic rings. The van der Waals surface area contributed by atoms with Gasteiger partial charge in [0, 0.05) is 12.7 Å². The molecule has 25 heavy (non-hydrogen) atoms. The molecule has 3 heterocycles.